The summed E-state index contributed by atoms with van der Waals surface area (Å²) in [5.74, 6) is 1.07. The molecular weight excluding hydrogens is 566 g/mol. The third kappa shape index (κ3) is 8.29. The second-order valence-corrected chi connectivity index (χ2v) is 11.4. The number of amides is 1. The Morgan fingerprint density at radius 1 is 0.911 bits per heavy atom. The molecule has 0 bridgehead atoms. The fourth-order valence-electron chi connectivity index (χ4n) is 5.22. The van der Waals surface area contributed by atoms with Gasteiger partial charge < -0.3 is 29.9 Å². The monoisotopic (exact) mass is 609 g/mol. The molecular formula is C35H43N7O3. The number of aromatic nitrogens is 2. The standard InChI is InChI=1S/C35H43N7O3/c1-6-44-30-12-7-8-13-31(30)45-34-29(33(43)38-32-25(2)10-9-11-26(32)3)24-36-35(39-34)37-27-14-16-28(17-15-27)42-22-20-41(21-23-42)19-18-40(4)5/h7-17,24H,6,18-23H2,1-5H3,(H,38,43)(H,36,37,39). The highest BCUT2D eigenvalue weighted by Gasteiger charge is 2.21. The first-order chi connectivity index (χ1) is 21.8. The van der Waals surface area contributed by atoms with E-state index in [9.17, 15) is 4.79 Å². The van der Waals surface area contributed by atoms with Gasteiger partial charge in [0.15, 0.2) is 11.5 Å². The molecule has 0 unspecified atom stereocenters. The highest BCUT2D eigenvalue weighted by molar-refractivity contribution is 6.06. The molecule has 5 rings (SSSR count). The zero-order chi connectivity index (χ0) is 31.8. The Hall–Kier alpha value is -4.67. The van der Waals surface area contributed by atoms with Crippen molar-refractivity contribution < 1.29 is 14.3 Å². The van der Waals surface area contributed by atoms with Crippen molar-refractivity contribution in [2.24, 2.45) is 0 Å². The molecule has 10 nitrogen and oxygen atoms in total. The summed E-state index contributed by atoms with van der Waals surface area (Å²) in [6.07, 6.45) is 1.49. The van der Waals surface area contributed by atoms with Crippen molar-refractivity contribution in [1.29, 1.82) is 0 Å². The van der Waals surface area contributed by atoms with E-state index in [0.717, 1.165) is 61.8 Å². The van der Waals surface area contributed by atoms with Crippen molar-refractivity contribution in [3.8, 4) is 17.4 Å². The molecule has 0 saturated carbocycles. The zero-order valence-corrected chi connectivity index (χ0v) is 26.8. The van der Waals surface area contributed by atoms with E-state index in [2.05, 4.69) is 61.5 Å². The average molecular weight is 610 g/mol. The van der Waals surface area contributed by atoms with Gasteiger partial charge in [0.2, 0.25) is 11.8 Å². The molecule has 45 heavy (non-hydrogen) atoms. The molecule has 1 saturated heterocycles. The summed E-state index contributed by atoms with van der Waals surface area (Å²) in [5.41, 5.74) is 4.89. The molecule has 1 aromatic heterocycles. The molecule has 3 aromatic carbocycles. The first kappa shape index (κ1) is 31.7. The highest BCUT2D eigenvalue weighted by atomic mass is 16.5. The van der Waals surface area contributed by atoms with Crippen LogP contribution in [-0.2, 0) is 0 Å². The maximum absolute atomic E-state index is 13.6. The number of aryl methyl sites for hydroxylation is 2. The van der Waals surface area contributed by atoms with Crippen LogP contribution in [-0.4, -0.2) is 85.6 Å². The molecule has 236 valence electrons. The Bertz CT molecular complexity index is 1560. The van der Waals surface area contributed by atoms with Crippen molar-refractivity contribution in [3.05, 3.63) is 89.6 Å². The van der Waals surface area contributed by atoms with Crippen LogP contribution in [0.15, 0.2) is 72.9 Å². The molecule has 0 spiro atoms. The number of hydrogen-bond acceptors (Lipinski definition) is 9. The van der Waals surface area contributed by atoms with Gasteiger partial charge in [0.25, 0.3) is 5.91 Å². The number of carbonyl (C=O) groups is 1. The highest BCUT2D eigenvalue weighted by Crippen LogP contribution is 2.33. The number of hydrogen-bond donors (Lipinski definition) is 2. The van der Waals surface area contributed by atoms with Crippen LogP contribution in [0.4, 0.5) is 23.0 Å². The summed E-state index contributed by atoms with van der Waals surface area (Å²) in [6.45, 7) is 12.6. The van der Waals surface area contributed by atoms with E-state index in [1.54, 1.807) is 6.07 Å². The molecule has 2 heterocycles. The van der Waals surface area contributed by atoms with Gasteiger partial charge >= 0.3 is 0 Å². The molecule has 2 N–H and O–H groups in total. The first-order valence-corrected chi connectivity index (χ1v) is 15.4. The number of nitrogens with one attached hydrogen (secondary N) is 2. The van der Waals surface area contributed by atoms with E-state index >= 15 is 0 Å². The maximum Gasteiger partial charge on any atom is 0.262 e. The summed E-state index contributed by atoms with van der Waals surface area (Å²) in [6, 6.07) is 21.5. The smallest absolute Gasteiger partial charge is 0.262 e. The number of rotatable bonds is 12. The molecule has 4 aromatic rings. The first-order valence-electron chi connectivity index (χ1n) is 15.4. The van der Waals surface area contributed by atoms with Gasteiger partial charge in [-0.25, -0.2) is 4.98 Å². The van der Waals surface area contributed by atoms with Crippen LogP contribution < -0.4 is 25.0 Å². The maximum atomic E-state index is 13.6. The van der Waals surface area contributed by atoms with Crippen LogP contribution in [0.25, 0.3) is 0 Å². The summed E-state index contributed by atoms with van der Waals surface area (Å²) in [5, 5.41) is 6.29. The lowest BCUT2D eigenvalue weighted by Crippen LogP contribution is -2.48. The van der Waals surface area contributed by atoms with Crippen LogP contribution in [0.5, 0.6) is 17.4 Å². The van der Waals surface area contributed by atoms with Crippen LogP contribution in [0.2, 0.25) is 0 Å². The van der Waals surface area contributed by atoms with E-state index in [1.165, 1.54) is 11.9 Å². The Balaban J connectivity index is 1.34. The van der Waals surface area contributed by atoms with Crippen LogP contribution in [0, 0.1) is 13.8 Å². The number of ether oxygens (including phenoxy) is 2. The number of anilines is 4. The topological polar surface area (TPSA) is 95.1 Å². The number of carbonyl (C=O) groups excluding carboxylic acids is 1. The van der Waals surface area contributed by atoms with E-state index in [4.69, 9.17) is 9.47 Å². The molecule has 0 aliphatic carbocycles. The van der Waals surface area contributed by atoms with Gasteiger partial charge in [-0.2, -0.15) is 4.98 Å². The van der Waals surface area contributed by atoms with Crippen LogP contribution in [0.3, 0.4) is 0 Å². The zero-order valence-electron chi connectivity index (χ0n) is 26.8. The third-order valence-corrected chi connectivity index (χ3v) is 7.80. The lowest BCUT2D eigenvalue weighted by molar-refractivity contribution is 0.102. The lowest BCUT2D eigenvalue weighted by atomic mass is 10.1. The van der Waals surface area contributed by atoms with Gasteiger partial charge in [-0.3, -0.25) is 9.69 Å². The van der Waals surface area contributed by atoms with Gasteiger partial charge in [-0.1, -0.05) is 30.3 Å². The minimum Gasteiger partial charge on any atom is -0.490 e. The minimum atomic E-state index is -0.367. The van der Waals surface area contributed by atoms with Gasteiger partial charge in [-0.15, -0.1) is 0 Å². The van der Waals surface area contributed by atoms with Crippen molar-refractivity contribution in [2.75, 3.05) is 75.5 Å². The van der Waals surface area contributed by atoms with Gasteiger partial charge in [0, 0.05) is 62.5 Å². The van der Waals surface area contributed by atoms with Gasteiger partial charge in [0.1, 0.15) is 5.56 Å². The molecule has 1 amide bonds. The number of para-hydroxylation sites is 3. The average Bonchev–Trinajstić information content (AvgIpc) is 3.04. The summed E-state index contributed by atoms with van der Waals surface area (Å²) < 4.78 is 12.0. The Kier molecular flexibility index (Phi) is 10.5. The van der Waals surface area contributed by atoms with E-state index < -0.39 is 0 Å². The number of piperazine rings is 1. The molecule has 10 heteroatoms. The minimum absolute atomic E-state index is 0.118. The molecule has 0 atom stereocenters. The van der Waals surface area contributed by atoms with Gasteiger partial charge in [-0.05, 0) is 82.4 Å². The number of benzene rings is 3. The van der Waals surface area contributed by atoms with Crippen molar-refractivity contribution in [1.82, 2.24) is 19.8 Å². The molecule has 1 fully saturated rings. The number of nitrogens with zero attached hydrogens (tertiary/aromatic N) is 5. The summed E-state index contributed by atoms with van der Waals surface area (Å²) >= 11 is 0. The largest absolute Gasteiger partial charge is 0.490 e. The van der Waals surface area contributed by atoms with Crippen molar-refractivity contribution >= 4 is 28.9 Å². The molecule has 0 radical (unpaired) electrons. The molecule has 1 aliphatic rings. The van der Waals surface area contributed by atoms with Crippen LogP contribution >= 0.6 is 0 Å². The molecule has 1 aliphatic heterocycles. The van der Waals surface area contributed by atoms with E-state index in [1.807, 2.05) is 69.3 Å². The fraction of sp³-hybridized carbons (Fsp3) is 0.343. The second kappa shape index (κ2) is 14.9. The predicted octanol–water partition coefficient (Wildman–Crippen LogP) is 5.96. The van der Waals surface area contributed by atoms with E-state index in [-0.39, 0.29) is 17.4 Å². The Morgan fingerprint density at radius 2 is 1.60 bits per heavy atom. The summed E-state index contributed by atoms with van der Waals surface area (Å²) in [7, 11) is 4.23. The van der Waals surface area contributed by atoms with Crippen molar-refractivity contribution in [2.45, 2.75) is 20.8 Å². The lowest BCUT2D eigenvalue weighted by Gasteiger charge is -2.36. The fourth-order valence-corrected chi connectivity index (χ4v) is 5.22. The third-order valence-electron chi connectivity index (χ3n) is 7.80. The van der Waals surface area contributed by atoms with Crippen LogP contribution in [0.1, 0.15) is 28.4 Å². The van der Waals surface area contributed by atoms with Gasteiger partial charge in [0.05, 0.1) is 6.61 Å². The quantitative estimate of drug-likeness (QED) is 0.202. The normalized spacial score (nSPS) is 13.5. The van der Waals surface area contributed by atoms with E-state index in [0.29, 0.717) is 24.1 Å². The summed E-state index contributed by atoms with van der Waals surface area (Å²) in [4.78, 5) is 29.8. The Labute approximate surface area is 266 Å². The predicted molar refractivity (Wildman–Crippen MR) is 181 cm³/mol. The number of likely N-dealkylation sites (N-methyl/N-ethyl adjacent to an activating group) is 1. The second-order valence-electron chi connectivity index (χ2n) is 11.4. The SMILES string of the molecule is CCOc1ccccc1Oc1nc(Nc2ccc(N3CCN(CCN(C)C)CC3)cc2)ncc1C(=O)Nc1c(C)cccc1C. The van der Waals surface area contributed by atoms with Crippen molar-refractivity contribution in [3.63, 3.8) is 0 Å². The Morgan fingerprint density at radius 3 is 2.27 bits per heavy atom.